The molecule has 0 saturated carbocycles. The zero-order valence-corrected chi connectivity index (χ0v) is 12.6. The molecule has 0 amide bonds. The first kappa shape index (κ1) is 14.0. The number of nitrogens with one attached hydrogen (secondary N) is 1. The lowest BCUT2D eigenvalue weighted by Gasteiger charge is -2.28. The molecule has 1 aromatic heterocycles. The predicted molar refractivity (Wildman–Crippen MR) is 77.3 cm³/mol. The molecule has 1 aromatic rings. The smallest absolute Gasteiger partial charge is 0.226 e. The minimum Gasteiger partial charge on any atom is -0.339 e. The maximum absolute atomic E-state index is 5.34. The highest BCUT2D eigenvalue weighted by atomic mass is 16.5. The highest BCUT2D eigenvalue weighted by Gasteiger charge is 2.33. The monoisotopic (exact) mass is 278 g/mol. The lowest BCUT2D eigenvalue weighted by atomic mass is 10.0. The Labute approximate surface area is 121 Å². The van der Waals surface area contributed by atoms with E-state index in [-0.39, 0.29) is 0 Å². The molecule has 5 nitrogen and oxygen atoms in total. The van der Waals surface area contributed by atoms with Gasteiger partial charge in [-0.1, -0.05) is 19.0 Å². The first-order valence-electron chi connectivity index (χ1n) is 8.01. The van der Waals surface area contributed by atoms with Gasteiger partial charge in [-0.05, 0) is 44.7 Å². The lowest BCUT2D eigenvalue weighted by molar-refractivity contribution is 0.199. The van der Waals surface area contributed by atoms with Crippen molar-refractivity contribution < 1.29 is 4.52 Å². The largest absolute Gasteiger partial charge is 0.339 e. The molecule has 2 saturated heterocycles. The molecule has 3 heterocycles. The number of hydrogen-bond acceptors (Lipinski definition) is 5. The second-order valence-electron chi connectivity index (χ2n) is 6.59. The summed E-state index contributed by atoms with van der Waals surface area (Å²) in [7, 11) is 0. The molecule has 0 aromatic carbocycles. The van der Waals surface area contributed by atoms with E-state index in [1.807, 2.05) is 0 Å². The van der Waals surface area contributed by atoms with Crippen LogP contribution in [-0.2, 0) is 13.0 Å². The van der Waals surface area contributed by atoms with Crippen LogP contribution in [0.5, 0.6) is 0 Å². The van der Waals surface area contributed by atoms with Crippen LogP contribution in [0.25, 0.3) is 0 Å². The fraction of sp³-hybridized carbons (Fsp3) is 0.867. The van der Waals surface area contributed by atoms with Crippen LogP contribution in [0, 0.1) is 5.92 Å². The average molecular weight is 278 g/mol. The van der Waals surface area contributed by atoms with Crippen molar-refractivity contribution >= 4 is 0 Å². The first-order valence-corrected chi connectivity index (χ1v) is 8.01. The van der Waals surface area contributed by atoms with Gasteiger partial charge in [0.05, 0.1) is 6.54 Å². The van der Waals surface area contributed by atoms with E-state index in [4.69, 9.17) is 4.52 Å². The second-order valence-corrected chi connectivity index (χ2v) is 6.59. The van der Waals surface area contributed by atoms with E-state index in [0.717, 1.165) is 31.2 Å². The van der Waals surface area contributed by atoms with Crippen molar-refractivity contribution in [1.29, 1.82) is 0 Å². The van der Waals surface area contributed by atoms with Gasteiger partial charge in [0, 0.05) is 18.5 Å². The van der Waals surface area contributed by atoms with Crippen LogP contribution in [-0.4, -0.2) is 40.2 Å². The van der Waals surface area contributed by atoms with Crippen molar-refractivity contribution in [2.75, 3.05) is 13.1 Å². The van der Waals surface area contributed by atoms with E-state index >= 15 is 0 Å². The van der Waals surface area contributed by atoms with Crippen LogP contribution in [0.3, 0.4) is 0 Å². The van der Waals surface area contributed by atoms with Crippen LogP contribution < -0.4 is 5.32 Å². The maximum atomic E-state index is 5.34. The summed E-state index contributed by atoms with van der Waals surface area (Å²) in [6.07, 6.45) is 6.09. The Morgan fingerprint density at radius 2 is 2.25 bits per heavy atom. The summed E-state index contributed by atoms with van der Waals surface area (Å²) in [5, 5.41) is 7.79. The summed E-state index contributed by atoms with van der Waals surface area (Å²) in [6.45, 7) is 7.52. The summed E-state index contributed by atoms with van der Waals surface area (Å²) in [5.41, 5.74) is 0. The fourth-order valence-corrected chi connectivity index (χ4v) is 3.51. The third-order valence-electron chi connectivity index (χ3n) is 4.41. The number of nitrogens with zero attached hydrogens (tertiary/aromatic N) is 3. The van der Waals surface area contributed by atoms with Crippen LogP contribution >= 0.6 is 0 Å². The van der Waals surface area contributed by atoms with Gasteiger partial charge in [-0.2, -0.15) is 4.98 Å². The highest BCUT2D eigenvalue weighted by Crippen LogP contribution is 2.26. The Balaban J connectivity index is 1.59. The van der Waals surface area contributed by atoms with Crippen LogP contribution in [0.15, 0.2) is 4.52 Å². The molecule has 2 fully saturated rings. The van der Waals surface area contributed by atoms with E-state index in [2.05, 4.69) is 34.2 Å². The molecule has 2 aliphatic heterocycles. The maximum Gasteiger partial charge on any atom is 0.226 e. The topological polar surface area (TPSA) is 54.2 Å². The summed E-state index contributed by atoms with van der Waals surface area (Å²) in [5.74, 6) is 2.20. The number of hydrogen-bond donors (Lipinski definition) is 1. The number of likely N-dealkylation sites (tertiary alicyclic amines) is 1. The third-order valence-corrected chi connectivity index (χ3v) is 4.41. The SMILES string of the molecule is CC(C)Cc1nc(CN2CCCC2C2CCCN2)no1. The Morgan fingerprint density at radius 1 is 1.35 bits per heavy atom. The minimum absolute atomic E-state index is 0.561. The molecule has 2 unspecified atom stereocenters. The molecule has 3 rings (SSSR count). The van der Waals surface area contributed by atoms with E-state index in [9.17, 15) is 0 Å². The van der Waals surface area contributed by atoms with Gasteiger partial charge in [0.1, 0.15) is 0 Å². The molecule has 0 radical (unpaired) electrons. The normalized spacial score (nSPS) is 27.8. The van der Waals surface area contributed by atoms with E-state index in [1.54, 1.807) is 0 Å². The zero-order chi connectivity index (χ0) is 13.9. The lowest BCUT2D eigenvalue weighted by Crippen LogP contribution is -2.43. The van der Waals surface area contributed by atoms with Crippen molar-refractivity contribution in [3.05, 3.63) is 11.7 Å². The average Bonchev–Trinajstić information content (AvgIpc) is 3.10. The molecule has 0 aliphatic carbocycles. The van der Waals surface area contributed by atoms with Gasteiger partial charge >= 0.3 is 0 Å². The van der Waals surface area contributed by atoms with Gasteiger partial charge in [-0.25, -0.2) is 0 Å². The van der Waals surface area contributed by atoms with Crippen LogP contribution in [0.2, 0.25) is 0 Å². The number of rotatable bonds is 5. The van der Waals surface area contributed by atoms with Gasteiger partial charge in [0.2, 0.25) is 5.89 Å². The Kier molecular flexibility index (Phi) is 4.36. The molecule has 5 heteroatoms. The van der Waals surface area contributed by atoms with Gasteiger partial charge in [0.15, 0.2) is 5.82 Å². The van der Waals surface area contributed by atoms with Crippen molar-refractivity contribution in [2.24, 2.45) is 5.92 Å². The van der Waals surface area contributed by atoms with Gasteiger partial charge < -0.3 is 9.84 Å². The third kappa shape index (κ3) is 3.20. The molecule has 0 bridgehead atoms. The quantitative estimate of drug-likeness (QED) is 0.892. The summed E-state index contributed by atoms with van der Waals surface area (Å²) in [4.78, 5) is 7.07. The molecular weight excluding hydrogens is 252 g/mol. The molecule has 1 N–H and O–H groups in total. The molecule has 20 heavy (non-hydrogen) atoms. The van der Waals surface area contributed by atoms with Crippen LogP contribution in [0.4, 0.5) is 0 Å². The summed E-state index contributed by atoms with van der Waals surface area (Å²) in [6, 6.07) is 1.32. The highest BCUT2D eigenvalue weighted by molar-refractivity contribution is 4.95. The van der Waals surface area contributed by atoms with E-state index < -0.39 is 0 Å². The van der Waals surface area contributed by atoms with Crippen molar-refractivity contribution in [3.63, 3.8) is 0 Å². The van der Waals surface area contributed by atoms with Crippen molar-refractivity contribution in [1.82, 2.24) is 20.4 Å². The minimum atomic E-state index is 0.561. The Bertz CT molecular complexity index is 425. The predicted octanol–water partition coefficient (Wildman–Crippen LogP) is 1.98. The first-order chi connectivity index (χ1) is 9.72. The number of aromatic nitrogens is 2. The summed E-state index contributed by atoms with van der Waals surface area (Å²) < 4.78 is 5.34. The molecule has 2 aliphatic rings. The van der Waals surface area contributed by atoms with Gasteiger partial charge in [0.25, 0.3) is 0 Å². The molecule has 0 spiro atoms. The Hall–Kier alpha value is -0.940. The molecular formula is C15H26N4O. The standard InChI is InChI=1S/C15H26N4O/c1-11(2)9-15-17-14(18-20-15)10-19-8-4-6-13(19)12-5-3-7-16-12/h11-13,16H,3-10H2,1-2H3. The molecule has 112 valence electrons. The zero-order valence-electron chi connectivity index (χ0n) is 12.6. The fourth-order valence-electron chi connectivity index (χ4n) is 3.51. The van der Waals surface area contributed by atoms with E-state index in [1.165, 1.54) is 32.2 Å². The van der Waals surface area contributed by atoms with Gasteiger partial charge in [-0.15, -0.1) is 0 Å². The van der Waals surface area contributed by atoms with Crippen molar-refractivity contribution in [3.8, 4) is 0 Å². The van der Waals surface area contributed by atoms with Crippen molar-refractivity contribution in [2.45, 2.75) is 64.6 Å². The Morgan fingerprint density at radius 3 is 3.00 bits per heavy atom. The molecule has 2 atom stereocenters. The second kappa shape index (κ2) is 6.22. The van der Waals surface area contributed by atoms with Gasteiger partial charge in [-0.3, -0.25) is 4.90 Å². The summed E-state index contributed by atoms with van der Waals surface area (Å²) >= 11 is 0. The van der Waals surface area contributed by atoms with Crippen LogP contribution in [0.1, 0.15) is 51.2 Å². The van der Waals surface area contributed by atoms with E-state index in [0.29, 0.717) is 18.0 Å².